The summed E-state index contributed by atoms with van der Waals surface area (Å²) in [4.78, 5) is 16.5. The third-order valence-corrected chi connectivity index (χ3v) is 6.31. The van der Waals surface area contributed by atoms with E-state index < -0.39 is 5.82 Å². The Bertz CT molecular complexity index is 1160. The van der Waals surface area contributed by atoms with Gasteiger partial charge in [-0.25, -0.2) is 4.39 Å². The molecule has 3 aromatic rings. The summed E-state index contributed by atoms with van der Waals surface area (Å²) in [5.74, 6) is 1.67. The second kappa shape index (κ2) is 10.8. The van der Waals surface area contributed by atoms with Gasteiger partial charge >= 0.3 is 0 Å². The quantitative estimate of drug-likeness (QED) is 0.487. The molecule has 0 spiro atoms. The lowest BCUT2D eigenvalue weighted by molar-refractivity contribution is -0.130. The maximum absolute atomic E-state index is 14.0. The number of hydrogen-bond acceptors (Lipinski definition) is 7. The number of carbonyl (C=O) groups excluding carboxylic acids is 1. The molecular weight excluding hydrogens is 475 g/mol. The minimum atomic E-state index is -0.466. The van der Waals surface area contributed by atoms with Gasteiger partial charge in [0.25, 0.3) is 0 Å². The van der Waals surface area contributed by atoms with Crippen LogP contribution in [0.5, 0.6) is 17.2 Å². The molecule has 1 saturated heterocycles. The van der Waals surface area contributed by atoms with E-state index in [-0.39, 0.29) is 22.9 Å². The number of anilines is 1. The van der Waals surface area contributed by atoms with Crippen LogP contribution in [0, 0.1) is 5.82 Å². The van der Waals surface area contributed by atoms with Gasteiger partial charge in [-0.15, -0.1) is 10.2 Å². The van der Waals surface area contributed by atoms with E-state index in [9.17, 15) is 9.18 Å². The first-order chi connectivity index (χ1) is 16.9. The normalized spacial score (nSPS) is 13.5. The van der Waals surface area contributed by atoms with Crippen molar-refractivity contribution in [3.05, 3.63) is 58.9 Å². The Hall–Kier alpha value is -3.59. The monoisotopic (exact) mass is 500 g/mol. The highest BCUT2D eigenvalue weighted by atomic mass is 35.5. The molecular formula is C25H26ClFN4O4. The Kier molecular flexibility index (Phi) is 7.55. The molecule has 10 heteroatoms. The summed E-state index contributed by atoms with van der Waals surface area (Å²) in [5, 5.41) is 9.03. The van der Waals surface area contributed by atoms with Crippen molar-refractivity contribution >= 4 is 23.3 Å². The second-order valence-electron chi connectivity index (χ2n) is 7.94. The van der Waals surface area contributed by atoms with Gasteiger partial charge in [0.15, 0.2) is 17.3 Å². The molecule has 0 unspecified atom stereocenters. The van der Waals surface area contributed by atoms with Gasteiger partial charge in [0.1, 0.15) is 5.82 Å². The number of amides is 1. The number of methoxy groups -OCH3 is 3. The minimum absolute atomic E-state index is 0.0607. The van der Waals surface area contributed by atoms with Crippen molar-refractivity contribution in [2.45, 2.75) is 6.42 Å². The van der Waals surface area contributed by atoms with E-state index >= 15 is 0 Å². The van der Waals surface area contributed by atoms with Gasteiger partial charge in [-0.2, -0.15) is 0 Å². The Labute approximate surface area is 208 Å². The average Bonchev–Trinajstić information content (AvgIpc) is 2.90. The maximum atomic E-state index is 14.0. The van der Waals surface area contributed by atoms with Gasteiger partial charge < -0.3 is 24.0 Å². The molecule has 0 radical (unpaired) electrons. The lowest BCUT2D eigenvalue weighted by Crippen LogP contribution is -2.49. The molecule has 1 amide bonds. The zero-order valence-electron chi connectivity index (χ0n) is 19.8. The first-order valence-electron chi connectivity index (χ1n) is 11.0. The van der Waals surface area contributed by atoms with Crippen molar-refractivity contribution < 1.29 is 23.4 Å². The molecule has 2 heterocycles. The number of hydrogen-bond donors (Lipinski definition) is 0. The van der Waals surface area contributed by atoms with E-state index in [0.29, 0.717) is 54.9 Å². The molecule has 184 valence electrons. The molecule has 0 aliphatic carbocycles. The summed E-state index contributed by atoms with van der Waals surface area (Å²) in [6.45, 7) is 2.19. The van der Waals surface area contributed by atoms with Crippen molar-refractivity contribution in [3.63, 3.8) is 0 Å². The zero-order valence-corrected chi connectivity index (χ0v) is 20.5. The topological polar surface area (TPSA) is 77.0 Å². The number of ether oxygens (including phenoxy) is 3. The number of carbonyl (C=O) groups is 1. The van der Waals surface area contributed by atoms with Crippen molar-refractivity contribution in [2.75, 3.05) is 52.4 Å². The molecule has 1 aliphatic heterocycles. The van der Waals surface area contributed by atoms with Crippen LogP contribution in [0.4, 0.5) is 10.2 Å². The zero-order chi connectivity index (χ0) is 24.9. The van der Waals surface area contributed by atoms with Crippen molar-refractivity contribution in [2.24, 2.45) is 0 Å². The summed E-state index contributed by atoms with van der Waals surface area (Å²) < 4.78 is 30.2. The third-order valence-electron chi connectivity index (χ3n) is 5.96. The van der Waals surface area contributed by atoms with Crippen LogP contribution in [0.15, 0.2) is 42.5 Å². The fourth-order valence-corrected chi connectivity index (χ4v) is 4.26. The summed E-state index contributed by atoms with van der Waals surface area (Å²) >= 11 is 6.07. The molecule has 0 saturated carbocycles. The van der Waals surface area contributed by atoms with E-state index in [0.717, 1.165) is 5.56 Å². The SMILES string of the molecule is COc1cc(-c2ccc(N3CCN(C(=O)Cc4c(F)cccc4Cl)CC3)nn2)cc(OC)c1OC. The number of aromatic nitrogens is 2. The third kappa shape index (κ3) is 5.24. The molecule has 1 aromatic heterocycles. The highest BCUT2D eigenvalue weighted by Crippen LogP contribution is 2.40. The molecule has 8 nitrogen and oxygen atoms in total. The summed E-state index contributed by atoms with van der Waals surface area (Å²) in [6.07, 6.45) is -0.0607. The van der Waals surface area contributed by atoms with Gasteiger partial charge in [-0.05, 0) is 36.4 Å². The van der Waals surface area contributed by atoms with Crippen LogP contribution in [0.25, 0.3) is 11.3 Å². The average molecular weight is 501 g/mol. The Morgan fingerprint density at radius 1 is 0.971 bits per heavy atom. The predicted molar refractivity (Wildman–Crippen MR) is 131 cm³/mol. The Morgan fingerprint density at radius 2 is 1.66 bits per heavy atom. The van der Waals surface area contributed by atoms with Crippen LogP contribution in [0.2, 0.25) is 5.02 Å². The molecule has 0 N–H and O–H groups in total. The van der Waals surface area contributed by atoms with Gasteiger partial charge in [-0.1, -0.05) is 17.7 Å². The largest absolute Gasteiger partial charge is 0.493 e. The first kappa shape index (κ1) is 24.5. The van der Waals surface area contributed by atoms with Crippen LogP contribution >= 0.6 is 11.6 Å². The number of benzene rings is 2. The van der Waals surface area contributed by atoms with Crippen LogP contribution in [-0.4, -0.2) is 68.5 Å². The summed E-state index contributed by atoms with van der Waals surface area (Å²) in [5.41, 5.74) is 1.67. The highest BCUT2D eigenvalue weighted by Gasteiger charge is 2.24. The lowest BCUT2D eigenvalue weighted by atomic mass is 10.1. The van der Waals surface area contributed by atoms with E-state index in [1.165, 1.54) is 12.1 Å². The number of halogens is 2. The van der Waals surface area contributed by atoms with Gasteiger partial charge in [-0.3, -0.25) is 4.79 Å². The van der Waals surface area contributed by atoms with Crippen LogP contribution in [0.1, 0.15) is 5.56 Å². The second-order valence-corrected chi connectivity index (χ2v) is 8.34. The van der Waals surface area contributed by atoms with Crippen molar-refractivity contribution in [3.8, 4) is 28.5 Å². The predicted octanol–water partition coefficient (Wildman–Crippen LogP) is 3.85. The highest BCUT2D eigenvalue weighted by molar-refractivity contribution is 6.31. The van der Waals surface area contributed by atoms with E-state index in [4.69, 9.17) is 25.8 Å². The number of nitrogens with zero attached hydrogens (tertiary/aromatic N) is 4. The first-order valence-corrected chi connectivity index (χ1v) is 11.4. The van der Waals surface area contributed by atoms with E-state index in [2.05, 4.69) is 15.1 Å². The van der Waals surface area contributed by atoms with Crippen LogP contribution in [-0.2, 0) is 11.2 Å². The number of rotatable bonds is 7. The summed E-state index contributed by atoms with van der Waals surface area (Å²) in [7, 11) is 4.67. The fourth-order valence-electron chi connectivity index (χ4n) is 4.03. The maximum Gasteiger partial charge on any atom is 0.227 e. The minimum Gasteiger partial charge on any atom is -0.493 e. The lowest BCUT2D eigenvalue weighted by Gasteiger charge is -2.35. The summed E-state index contributed by atoms with van der Waals surface area (Å²) in [6, 6.07) is 11.8. The fraction of sp³-hybridized carbons (Fsp3) is 0.320. The smallest absolute Gasteiger partial charge is 0.227 e. The Morgan fingerprint density at radius 3 is 2.20 bits per heavy atom. The van der Waals surface area contributed by atoms with Crippen LogP contribution < -0.4 is 19.1 Å². The molecule has 1 aliphatic rings. The molecule has 0 bridgehead atoms. The molecule has 4 rings (SSSR count). The van der Waals surface area contributed by atoms with E-state index in [1.807, 2.05) is 24.3 Å². The number of piperazine rings is 1. The van der Waals surface area contributed by atoms with Crippen molar-refractivity contribution in [1.82, 2.24) is 15.1 Å². The van der Waals surface area contributed by atoms with Gasteiger partial charge in [0, 0.05) is 42.3 Å². The molecule has 35 heavy (non-hydrogen) atoms. The molecule has 2 aromatic carbocycles. The van der Waals surface area contributed by atoms with Crippen molar-refractivity contribution in [1.29, 1.82) is 0 Å². The Balaban J connectivity index is 1.41. The van der Waals surface area contributed by atoms with E-state index in [1.54, 1.807) is 32.3 Å². The standard InChI is InChI=1S/C25H26ClFN4O4/c1-33-21-13-16(14-22(34-2)25(21)35-3)20-7-8-23(29-28-20)30-9-11-31(12-10-30)24(32)15-17-18(26)5-4-6-19(17)27/h4-8,13-14H,9-12,15H2,1-3H3. The van der Waals surface area contributed by atoms with Gasteiger partial charge in [0.2, 0.25) is 11.7 Å². The molecule has 0 atom stereocenters. The van der Waals surface area contributed by atoms with Crippen LogP contribution in [0.3, 0.4) is 0 Å². The van der Waals surface area contributed by atoms with Gasteiger partial charge in [0.05, 0.1) is 33.4 Å². The molecule has 1 fully saturated rings.